The highest BCUT2D eigenvalue weighted by Crippen LogP contribution is 2.50. The molecule has 6 atom stereocenters. The van der Waals surface area contributed by atoms with E-state index in [1.807, 2.05) is 0 Å². The Morgan fingerprint density at radius 2 is 1.84 bits per heavy atom. The zero-order valence-corrected chi connectivity index (χ0v) is 16.8. The summed E-state index contributed by atoms with van der Waals surface area (Å²) >= 11 is 0. The second-order valence-electron chi connectivity index (χ2n) is 8.75. The molecule has 4 rings (SSSR count). The van der Waals surface area contributed by atoms with Gasteiger partial charge in [0.15, 0.2) is 34.7 Å². The zero-order chi connectivity index (χ0) is 23.0. The number of benzene rings is 1. The highest BCUT2D eigenvalue weighted by Gasteiger charge is 2.69. The van der Waals surface area contributed by atoms with Crippen LogP contribution >= 0.6 is 0 Å². The van der Waals surface area contributed by atoms with Crippen LogP contribution in [-0.4, -0.2) is 69.9 Å². The number of nitrogens with two attached hydrogens (primary N) is 1. The quantitative estimate of drug-likeness (QED) is 0.503. The molecule has 3 aliphatic rings. The summed E-state index contributed by atoms with van der Waals surface area (Å²) in [7, 11) is 3.00. The lowest BCUT2D eigenvalue weighted by Gasteiger charge is -2.52. The second kappa shape index (κ2) is 6.76. The van der Waals surface area contributed by atoms with Crippen LogP contribution in [0, 0.1) is 29.5 Å². The van der Waals surface area contributed by atoms with E-state index in [-0.39, 0.29) is 24.0 Å². The maximum atomic E-state index is 13.8. The molecule has 0 radical (unpaired) electrons. The first-order valence-electron chi connectivity index (χ1n) is 9.77. The van der Waals surface area contributed by atoms with E-state index < -0.39 is 75.9 Å². The number of primary amides is 1. The van der Waals surface area contributed by atoms with Gasteiger partial charge in [-0.1, -0.05) is 0 Å². The van der Waals surface area contributed by atoms with Crippen molar-refractivity contribution in [3.63, 3.8) is 0 Å². The minimum Gasteiger partial charge on any atom is -0.507 e. The first-order valence-corrected chi connectivity index (χ1v) is 9.77. The summed E-state index contributed by atoms with van der Waals surface area (Å²) in [6.45, 7) is 0. The van der Waals surface area contributed by atoms with Gasteiger partial charge in [0.1, 0.15) is 11.6 Å². The summed E-state index contributed by atoms with van der Waals surface area (Å²) in [6.07, 6.45) is -0.0294. The normalized spacial score (nSPS) is 34.9. The third kappa shape index (κ3) is 2.71. The van der Waals surface area contributed by atoms with E-state index in [9.17, 15) is 38.6 Å². The average Bonchev–Trinajstić information content (AvgIpc) is 2.63. The molecule has 1 aromatic rings. The Kier molecular flexibility index (Phi) is 4.64. The fraction of sp³-hybridized carbons (Fsp3) is 0.476. The van der Waals surface area contributed by atoms with Gasteiger partial charge in [0.25, 0.3) is 0 Å². The minimum atomic E-state index is -2.76. The second-order valence-corrected chi connectivity index (χ2v) is 8.75. The number of aliphatic hydroxyl groups is 1. The summed E-state index contributed by atoms with van der Waals surface area (Å²) in [5.74, 6) is -12.2. The lowest BCUT2D eigenvalue weighted by molar-refractivity contribution is -0.181. The number of halogens is 1. The third-order valence-electron chi connectivity index (χ3n) is 6.83. The number of ketones is 4. The number of likely N-dealkylation sites (N-methyl/N-ethyl adjacent to an activating group) is 1. The molecule has 31 heavy (non-hydrogen) atoms. The Bertz CT molecular complexity index is 1070. The van der Waals surface area contributed by atoms with Gasteiger partial charge in [0.2, 0.25) is 5.91 Å². The summed E-state index contributed by atoms with van der Waals surface area (Å²) in [6, 6.07) is 0.679. The van der Waals surface area contributed by atoms with Crippen molar-refractivity contribution < 1.29 is 38.6 Å². The molecule has 0 spiro atoms. The monoisotopic (exact) mass is 432 g/mol. The highest BCUT2D eigenvalue weighted by molar-refractivity contribution is 6.32. The molecule has 0 saturated heterocycles. The van der Waals surface area contributed by atoms with Crippen molar-refractivity contribution >= 4 is 29.0 Å². The van der Waals surface area contributed by atoms with Gasteiger partial charge >= 0.3 is 0 Å². The standard InChI is InChI=1S/C21H21FN2O7/c1-24(2)15-10-5-8-3-7-4-9(22)6-11(25)12(7)16(26)13(8)18(28)21(10,31)19(29)14(17(15)27)20(23)30/h4,6,8,10,13-15,25,31H,3,5H2,1-2H3,(H2,23,30). The first-order chi connectivity index (χ1) is 14.4. The Hall–Kier alpha value is -2.98. The number of amides is 1. The molecule has 0 bridgehead atoms. The van der Waals surface area contributed by atoms with Crippen molar-refractivity contribution in [2.24, 2.45) is 29.4 Å². The van der Waals surface area contributed by atoms with E-state index in [1.54, 1.807) is 0 Å². The van der Waals surface area contributed by atoms with E-state index in [0.29, 0.717) is 0 Å². The van der Waals surface area contributed by atoms with Crippen LogP contribution in [0.15, 0.2) is 12.1 Å². The minimum absolute atomic E-state index is 0.0388. The molecule has 0 aromatic heterocycles. The number of rotatable bonds is 2. The van der Waals surface area contributed by atoms with Gasteiger partial charge in [-0.25, -0.2) is 4.39 Å². The molecule has 2 saturated carbocycles. The van der Waals surface area contributed by atoms with Gasteiger partial charge in [-0.2, -0.15) is 0 Å². The van der Waals surface area contributed by atoms with Gasteiger partial charge in [0.05, 0.1) is 17.5 Å². The number of phenols is 1. The summed E-state index contributed by atoms with van der Waals surface area (Å²) in [5.41, 5.74) is 2.46. The molecule has 0 heterocycles. The average molecular weight is 432 g/mol. The van der Waals surface area contributed by atoms with Crippen molar-refractivity contribution in [2.75, 3.05) is 14.1 Å². The SMILES string of the molecule is CN(C)C1C(=O)C(C(N)=O)C(=O)C2(O)C(=O)C3C(=O)c4c(O)cc(F)cc4CC3CC12. The highest BCUT2D eigenvalue weighted by atomic mass is 19.1. The molecule has 10 heteroatoms. The molecule has 0 aliphatic heterocycles. The van der Waals surface area contributed by atoms with E-state index >= 15 is 0 Å². The third-order valence-corrected chi connectivity index (χ3v) is 6.83. The number of carbonyl (C=O) groups excluding carboxylic acids is 5. The van der Waals surface area contributed by atoms with E-state index in [2.05, 4.69) is 0 Å². The summed E-state index contributed by atoms with van der Waals surface area (Å²) in [5, 5.41) is 21.4. The van der Waals surface area contributed by atoms with E-state index in [0.717, 1.165) is 12.1 Å². The number of nitrogens with zero attached hydrogens (tertiary/aromatic N) is 1. The van der Waals surface area contributed by atoms with Gasteiger partial charge in [-0.05, 0) is 44.5 Å². The number of aromatic hydroxyl groups is 1. The Morgan fingerprint density at radius 3 is 2.42 bits per heavy atom. The van der Waals surface area contributed by atoms with Crippen LogP contribution in [0.5, 0.6) is 5.75 Å². The predicted molar refractivity (Wildman–Crippen MR) is 101 cm³/mol. The van der Waals surface area contributed by atoms with E-state index in [4.69, 9.17) is 5.73 Å². The van der Waals surface area contributed by atoms with Gasteiger partial charge in [0, 0.05) is 12.0 Å². The number of hydrogen-bond donors (Lipinski definition) is 3. The lowest BCUT2D eigenvalue weighted by atomic mass is 9.52. The molecule has 3 aliphatic carbocycles. The van der Waals surface area contributed by atoms with Crippen LogP contribution in [0.1, 0.15) is 22.3 Å². The zero-order valence-electron chi connectivity index (χ0n) is 16.8. The number of fused-ring (bicyclic) bond motifs is 3. The van der Waals surface area contributed by atoms with Crippen LogP contribution in [0.2, 0.25) is 0 Å². The fourth-order valence-electron chi connectivity index (χ4n) is 5.60. The van der Waals surface area contributed by atoms with Crippen molar-refractivity contribution in [1.29, 1.82) is 0 Å². The molecule has 9 nitrogen and oxygen atoms in total. The van der Waals surface area contributed by atoms with Crippen molar-refractivity contribution in [2.45, 2.75) is 24.5 Å². The first kappa shape index (κ1) is 21.3. The van der Waals surface area contributed by atoms with Gasteiger partial charge in [-0.3, -0.25) is 28.9 Å². The molecule has 164 valence electrons. The fourth-order valence-corrected chi connectivity index (χ4v) is 5.60. The number of carbonyl (C=O) groups is 5. The number of phenolic OH excluding ortho intramolecular Hbond substituents is 1. The van der Waals surface area contributed by atoms with Crippen molar-refractivity contribution in [3.05, 3.63) is 29.1 Å². The van der Waals surface area contributed by atoms with Gasteiger partial charge in [-0.15, -0.1) is 0 Å². The molecular weight excluding hydrogens is 411 g/mol. The molecule has 6 unspecified atom stereocenters. The Labute approximate surface area is 176 Å². The van der Waals surface area contributed by atoms with Crippen LogP contribution in [-0.2, 0) is 25.6 Å². The molecular formula is C21H21FN2O7. The molecule has 1 amide bonds. The van der Waals surface area contributed by atoms with Crippen LogP contribution in [0.3, 0.4) is 0 Å². The Morgan fingerprint density at radius 1 is 1.19 bits per heavy atom. The summed E-state index contributed by atoms with van der Waals surface area (Å²) < 4.78 is 13.8. The maximum Gasteiger partial charge on any atom is 0.235 e. The smallest absolute Gasteiger partial charge is 0.235 e. The van der Waals surface area contributed by atoms with Crippen LogP contribution < -0.4 is 5.73 Å². The lowest BCUT2D eigenvalue weighted by Crippen LogP contribution is -2.74. The molecule has 1 aromatic carbocycles. The Balaban J connectivity index is 1.87. The van der Waals surface area contributed by atoms with Crippen molar-refractivity contribution in [1.82, 2.24) is 4.90 Å². The molecule has 4 N–H and O–H groups in total. The maximum absolute atomic E-state index is 13.8. The topological polar surface area (TPSA) is 155 Å². The number of hydrogen-bond acceptors (Lipinski definition) is 8. The molecule has 2 fully saturated rings. The summed E-state index contributed by atoms with van der Waals surface area (Å²) in [4.78, 5) is 65.7. The predicted octanol–water partition coefficient (Wildman–Crippen LogP) is -0.994. The van der Waals surface area contributed by atoms with Crippen molar-refractivity contribution in [3.8, 4) is 5.75 Å². The van der Waals surface area contributed by atoms with Gasteiger partial charge < -0.3 is 15.9 Å². The number of Topliss-reactive ketones (excluding diaryl/α,β-unsaturated/α-hetero) is 4. The largest absolute Gasteiger partial charge is 0.507 e. The van der Waals surface area contributed by atoms with Crippen LogP contribution in [0.4, 0.5) is 4.39 Å². The van der Waals surface area contributed by atoms with Crippen LogP contribution in [0.25, 0.3) is 0 Å². The van der Waals surface area contributed by atoms with E-state index in [1.165, 1.54) is 19.0 Å².